The Morgan fingerprint density at radius 2 is 2.29 bits per heavy atom. The molecule has 88 valence electrons. The maximum Gasteiger partial charge on any atom is 0.251 e. The second-order valence-corrected chi connectivity index (χ2v) is 4.46. The number of nitrogens with zero attached hydrogens (tertiary/aromatic N) is 1. The molecular weight excluding hydrogens is 236 g/mol. The number of pyridine rings is 1. The molecule has 0 saturated heterocycles. The maximum atomic E-state index is 11.7. The number of amides is 1. The van der Waals surface area contributed by atoms with Crippen LogP contribution in [0.5, 0.6) is 0 Å². The van der Waals surface area contributed by atoms with Gasteiger partial charge in [-0.25, -0.2) is 0 Å². The van der Waals surface area contributed by atoms with Crippen molar-refractivity contribution in [3.8, 4) is 0 Å². The number of aromatic nitrogens is 1. The molecule has 5 heteroatoms. The first-order valence-electron chi connectivity index (χ1n) is 5.13. The largest absolute Gasteiger partial charge is 0.348 e. The van der Waals surface area contributed by atoms with Gasteiger partial charge in [0.15, 0.2) is 0 Å². The van der Waals surface area contributed by atoms with E-state index in [2.05, 4.69) is 5.32 Å². The van der Waals surface area contributed by atoms with E-state index < -0.39 is 0 Å². The fourth-order valence-corrected chi connectivity index (χ4v) is 2.04. The van der Waals surface area contributed by atoms with Crippen LogP contribution in [0.1, 0.15) is 15.9 Å². The second-order valence-electron chi connectivity index (χ2n) is 3.68. The molecular formula is C12H12N2O2S. The Bertz CT molecular complexity index is 572. The molecule has 0 bridgehead atoms. The van der Waals surface area contributed by atoms with Crippen LogP contribution < -0.4 is 10.9 Å². The molecule has 0 atom stereocenters. The smallest absolute Gasteiger partial charge is 0.251 e. The summed E-state index contributed by atoms with van der Waals surface area (Å²) in [6, 6.07) is 4.92. The quantitative estimate of drug-likeness (QED) is 0.892. The van der Waals surface area contributed by atoms with Gasteiger partial charge < -0.3 is 9.88 Å². The number of carbonyl (C=O) groups excluding carboxylic acids is 1. The maximum absolute atomic E-state index is 11.7. The molecule has 2 rings (SSSR count). The first kappa shape index (κ1) is 11.6. The van der Waals surface area contributed by atoms with Crippen molar-refractivity contribution in [2.75, 3.05) is 0 Å². The molecule has 2 aromatic rings. The van der Waals surface area contributed by atoms with Gasteiger partial charge in [0.2, 0.25) is 0 Å². The number of thiophene rings is 1. The molecule has 0 aromatic carbocycles. The minimum absolute atomic E-state index is 0.187. The van der Waals surface area contributed by atoms with Crippen LogP contribution in [0.15, 0.2) is 40.0 Å². The van der Waals surface area contributed by atoms with E-state index in [9.17, 15) is 9.59 Å². The molecule has 2 heterocycles. The van der Waals surface area contributed by atoms with Crippen molar-refractivity contribution in [1.29, 1.82) is 0 Å². The molecule has 4 nitrogen and oxygen atoms in total. The van der Waals surface area contributed by atoms with Crippen LogP contribution in [0.3, 0.4) is 0 Å². The second kappa shape index (κ2) is 4.97. The van der Waals surface area contributed by atoms with Crippen molar-refractivity contribution < 1.29 is 4.79 Å². The SMILES string of the molecule is Cn1ccc(C(=O)NCc2ccsc2)cc1=O. The molecule has 1 N–H and O–H groups in total. The Balaban J connectivity index is 2.04. The van der Waals surface area contributed by atoms with Crippen LogP contribution in [-0.2, 0) is 13.6 Å². The van der Waals surface area contributed by atoms with Gasteiger partial charge in [-0.3, -0.25) is 9.59 Å². The molecule has 0 aliphatic heterocycles. The van der Waals surface area contributed by atoms with Crippen molar-refractivity contribution in [1.82, 2.24) is 9.88 Å². The zero-order valence-corrected chi connectivity index (χ0v) is 10.2. The van der Waals surface area contributed by atoms with E-state index in [1.807, 2.05) is 16.8 Å². The van der Waals surface area contributed by atoms with Crippen molar-refractivity contribution in [2.45, 2.75) is 6.54 Å². The van der Waals surface area contributed by atoms with Gasteiger partial charge in [0.05, 0.1) is 0 Å². The molecule has 0 unspecified atom stereocenters. The summed E-state index contributed by atoms with van der Waals surface area (Å²) >= 11 is 1.59. The summed E-state index contributed by atoms with van der Waals surface area (Å²) in [4.78, 5) is 23.1. The molecule has 0 spiro atoms. The lowest BCUT2D eigenvalue weighted by molar-refractivity contribution is 0.0950. The third-order valence-electron chi connectivity index (χ3n) is 2.40. The van der Waals surface area contributed by atoms with Crippen molar-refractivity contribution >= 4 is 17.2 Å². The summed E-state index contributed by atoms with van der Waals surface area (Å²) in [5.41, 5.74) is 1.27. The van der Waals surface area contributed by atoms with E-state index in [0.717, 1.165) is 5.56 Å². The predicted octanol–water partition coefficient (Wildman–Crippen LogP) is 1.38. The van der Waals surface area contributed by atoms with Gasteiger partial charge in [0.1, 0.15) is 0 Å². The average Bonchev–Trinajstić information content (AvgIpc) is 2.82. The van der Waals surface area contributed by atoms with E-state index in [1.54, 1.807) is 30.6 Å². The third kappa shape index (κ3) is 2.82. The first-order valence-corrected chi connectivity index (χ1v) is 6.07. The number of carbonyl (C=O) groups is 1. The average molecular weight is 248 g/mol. The van der Waals surface area contributed by atoms with Crippen LogP contribution in [0.25, 0.3) is 0 Å². The molecule has 0 radical (unpaired) electrons. The highest BCUT2D eigenvalue weighted by atomic mass is 32.1. The van der Waals surface area contributed by atoms with Crippen molar-refractivity contribution in [2.24, 2.45) is 7.05 Å². The number of nitrogens with one attached hydrogen (secondary N) is 1. The van der Waals surface area contributed by atoms with Crippen molar-refractivity contribution in [3.05, 3.63) is 56.6 Å². The predicted molar refractivity (Wildman–Crippen MR) is 67.2 cm³/mol. The Labute approximate surface area is 103 Å². The lowest BCUT2D eigenvalue weighted by Crippen LogP contribution is -2.25. The summed E-state index contributed by atoms with van der Waals surface area (Å²) in [6.45, 7) is 0.484. The van der Waals surface area contributed by atoms with E-state index in [0.29, 0.717) is 12.1 Å². The minimum atomic E-state index is -0.228. The van der Waals surface area contributed by atoms with Gasteiger partial charge in [-0.15, -0.1) is 0 Å². The van der Waals surface area contributed by atoms with Crippen LogP contribution in [0.4, 0.5) is 0 Å². The van der Waals surface area contributed by atoms with Crippen LogP contribution in [-0.4, -0.2) is 10.5 Å². The molecule has 0 saturated carbocycles. The highest BCUT2D eigenvalue weighted by Crippen LogP contribution is 2.05. The van der Waals surface area contributed by atoms with Crippen LogP contribution >= 0.6 is 11.3 Å². The highest BCUT2D eigenvalue weighted by molar-refractivity contribution is 7.07. The fourth-order valence-electron chi connectivity index (χ4n) is 1.37. The highest BCUT2D eigenvalue weighted by Gasteiger charge is 2.06. The molecule has 2 aromatic heterocycles. The molecule has 1 amide bonds. The fraction of sp³-hybridized carbons (Fsp3) is 0.167. The number of hydrogen-bond acceptors (Lipinski definition) is 3. The van der Waals surface area contributed by atoms with Crippen LogP contribution in [0, 0.1) is 0 Å². The first-order chi connectivity index (χ1) is 8.16. The summed E-state index contributed by atoms with van der Waals surface area (Å²) < 4.78 is 1.43. The topological polar surface area (TPSA) is 51.1 Å². The standard InChI is InChI=1S/C12H12N2O2S/c1-14-4-2-10(6-11(14)15)12(16)13-7-9-3-5-17-8-9/h2-6,8H,7H2,1H3,(H,13,16). The number of aryl methyl sites for hydroxylation is 1. The van der Waals surface area contributed by atoms with Gasteiger partial charge in [-0.1, -0.05) is 0 Å². The Morgan fingerprint density at radius 1 is 1.47 bits per heavy atom. The molecule has 0 fully saturated rings. The summed E-state index contributed by atoms with van der Waals surface area (Å²) in [6.07, 6.45) is 1.59. The Hall–Kier alpha value is -1.88. The van der Waals surface area contributed by atoms with E-state index in [-0.39, 0.29) is 11.5 Å². The monoisotopic (exact) mass is 248 g/mol. The third-order valence-corrected chi connectivity index (χ3v) is 3.13. The normalized spacial score (nSPS) is 10.2. The van der Waals surface area contributed by atoms with Gasteiger partial charge in [0, 0.05) is 31.4 Å². The zero-order valence-electron chi connectivity index (χ0n) is 9.34. The summed E-state index contributed by atoms with van der Waals surface area (Å²) in [7, 11) is 1.65. The minimum Gasteiger partial charge on any atom is -0.348 e. The van der Waals surface area contributed by atoms with Gasteiger partial charge >= 0.3 is 0 Å². The van der Waals surface area contributed by atoms with Crippen LogP contribution in [0.2, 0.25) is 0 Å². The lowest BCUT2D eigenvalue weighted by Gasteiger charge is -2.04. The molecule has 0 aliphatic carbocycles. The van der Waals surface area contributed by atoms with Gasteiger partial charge in [-0.2, -0.15) is 11.3 Å². The van der Waals surface area contributed by atoms with E-state index in [4.69, 9.17) is 0 Å². The van der Waals surface area contributed by atoms with E-state index >= 15 is 0 Å². The number of hydrogen-bond donors (Lipinski definition) is 1. The number of rotatable bonds is 3. The summed E-state index contributed by atoms with van der Waals surface area (Å²) in [5, 5.41) is 6.70. The van der Waals surface area contributed by atoms with Crippen molar-refractivity contribution in [3.63, 3.8) is 0 Å². The lowest BCUT2D eigenvalue weighted by atomic mass is 10.2. The Kier molecular flexibility index (Phi) is 3.39. The zero-order chi connectivity index (χ0) is 12.3. The Morgan fingerprint density at radius 3 is 2.94 bits per heavy atom. The molecule has 0 aliphatic rings. The summed E-state index contributed by atoms with van der Waals surface area (Å²) in [5.74, 6) is -0.228. The molecule has 17 heavy (non-hydrogen) atoms. The van der Waals surface area contributed by atoms with Gasteiger partial charge in [0.25, 0.3) is 11.5 Å². The van der Waals surface area contributed by atoms with E-state index in [1.165, 1.54) is 10.6 Å². The van der Waals surface area contributed by atoms with Gasteiger partial charge in [-0.05, 0) is 28.5 Å².